The third-order valence-electron chi connectivity index (χ3n) is 7.20. The van der Waals surface area contributed by atoms with Crippen LogP contribution in [-0.2, 0) is 4.79 Å². The second kappa shape index (κ2) is 6.94. The van der Waals surface area contributed by atoms with E-state index in [9.17, 15) is 4.79 Å². The van der Waals surface area contributed by atoms with Crippen molar-refractivity contribution in [2.24, 2.45) is 23.2 Å². The summed E-state index contributed by atoms with van der Waals surface area (Å²) in [5.74, 6) is 4.18. The summed E-state index contributed by atoms with van der Waals surface area (Å²) >= 11 is 1.29. The normalized spacial score (nSPS) is 31.9. The molecule has 4 aliphatic rings. The highest BCUT2D eigenvalue weighted by atomic mass is 32.2. The summed E-state index contributed by atoms with van der Waals surface area (Å²) in [6.45, 7) is 4.06. The van der Waals surface area contributed by atoms with Crippen molar-refractivity contribution in [2.75, 3.05) is 5.75 Å². The Hall–Kier alpha value is -1.76. The van der Waals surface area contributed by atoms with Gasteiger partial charge >= 0.3 is 0 Å². The van der Waals surface area contributed by atoms with Crippen LogP contribution in [0.2, 0.25) is 0 Å². The van der Waals surface area contributed by atoms with E-state index in [0.29, 0.717) is 22.3 Å². The van der Waals surface area contributed by atoms with Gasteiger partial charge in [0, 0.05) is 6.04 Å². The fourth-order valence-corrected chi connectivity index (χ4v) is 6.83. The quantitative estimate of drug-likeness (QED) is 0.720. The average Bonchev–Trinajstić information content (AvgIpc) is 3.27. The van der Waals surface area contributed by atoms with Crippen molar-refractivity contribution in [2.45, 2.75) is 63.6 Å². The average molecular weight is 402 g/mol. The molecule has 0 spiro atoms. The molecule has 0 saturated heterocycles. The Labute approximate surface area is 169 Å². The molecule has 28 heavy (non-hydrogen) atoms. The number of nitrogens with zero attached hydrogens (tertiary/aromatic N) is 2. The van der Waals surface area contributed by atoms with Crippen LogP contribution in [-0.4, -0.2) is 27.9 Å². The molecule has 2 aromatic heterocycles. The van der Waals surface area contributed by atoms with Gasteiger partial charge in [0.25, 0.3) is 11.1 Å². The smallest absolute Gasteiger partial charge is 0.277 e. The zero-order chi connectivity index (χ0) is 19.3. The minimum absolute atomic E-state index is 0.0486. The van der Waals surface area contributed by atoms with Crippen LogP contribution >= 0.6 is 11.8 Å². The number of carbonyl (C=O) groups is 1. The molecular formula is C21H27N3O3S. The van der Waals surface area contributed by atoms with Crippen LogP contribution in [0.3, 0.4) is 0 Å². The number of carbonyl (C=O) groups excluding carboxylic acids is 1. The van der Waals surface area contributed by atoms with Crippen molar-refractivity contribution in [3.05, 3.63) is 18.1 Å². The third-order valence-corrected chi connectivity index (χ3v) is 8.02. The predicted molar refractivity (Wildman–Crippen MR) is 106 cm³/mol. The highest BCUT2D eigenvalue weighted by Gasteiger charge is 2.53. The van der Waals surface area contributed by atoms with Gasteiger partial charge in [-0.15, -0.1) is 10.2 Å². The van der Waals surface area contributed by atoms with Gasteiger partial charge in [0.15, 0.2) is 0 Å². The van der Waals surface area contributed by atoms with E-state index < -0.39 is 0 Å². The Morgan fingerprint density at radius 1 is 1.25 bits per heavy atom. The standard InChI is InChI=1S/C21H27N3O3S/c1-12-17(3-4-26-12)19-23-24-20(27-19)28-11-18(25)22-13(2)21-8-14-5-15(9-21)7-16(6-14)10-21/h3-4,13-16H,5-11H2,1-2H3,(H,22,25). The van der Waals surface area contributed by atoms with Gasteiger partial charge in [-0.05, 0) is 81.6 Å². The number of furan rings is 1. The maximum atomic E-state index is 12.6. The Morgan fingerprint density at radius 3 is 2.54 bits per heavy atom. The molecular weight excluding hydrogens is 374 g/mol. The fraction of sp³-hybridized carbons (Fsp3) is 0.667. The van der Waals surface area contributed by atoms with Gasteiger partial charge in [-0.25, -0.2) is 0 Å². The summed E-state index contributed by atoms with van der Waals surface area (Å²) in [7, 11) is 0. The molecule has 0 aliphatic heterocycles. The minimum atomic E-state index is 0.0486. The second-order valence-electron chi connectivity index (χ2n) is 9.12. The Bertz CT molecular complexity index is 839. The first kappa shape index (κ1) is 18.3. The molecule has 150 valence electrons. The number of rotatable bonds is 6. The fourth-order valence-electron chi connectivity index (χ4n) is 6.26. The number of nitrogens with one attached hydrogen (secondary N) is 1. The lowest BCUT2D eigenvalue weighted by Gasteiger charge is -2.59. The number of hydrogen-bond donors (Lipinski definition) is 1. The van der Waals surface area contributed by atoms with Crippen LogP contribution in [0.15, 0.2) is 26.4 Å². The zero-order valence-electron chi connectivity index (χ0n) is 16.4. The first-order chi connectivity index (χ1) is 13.5. The van der Waals surface area contributed by atoms with Gasteiger partial charge < -0.3 is 14.2 Å². The lowest BCUT2D eigenvalue weighted by molar-refractivity contribution is -0.123. The molecule has 1 atom stereocenters. The predicted octanol–water partition coefficient (Wildman–Crippen LogP) is 4.45. The second-order valence-corrected chi connectivity index (χ2v) is 10.0. The van der Waals surface area contributed by atoms with Crippen molar-refractivity contribution in [1.29, 1.82) is 0 Å². The van der Waals surface area contributed by atoms with Gasteiger partial charge in [0.05, 0.1) is 17.6 Å². The summed E-state index contributed by atoms with van der Waals surface area (Å²) in [6.07, 6.45) is 9.75. The molecule has 2 aromatic rings. The van der Waals surface area contributed by atoms with Crippen molar-refractivity contribution in [1.82, 2.24) is 15.5 Å². The molecule has 2 heterocycles. The van der Waals surface area contributed by atoms with Crippen LogP contribution in [0.4, 0.5) is 0 Å². The Kier molecular flexibility index (Phi) is 4.53. The van der Waals surface area contributed by atoms with Gasteiger partial charge in [0.1, 0.15) is 5.76 Å². The van der Waals surface area contributed by atoms with E-state index in [1.807, 2.05) is 6.92 Å². The van der Waals surface area contributed by atoms with E-state index in [1.54, 1.807) is 12.3 Å². The number of thioether (sulfide) groups is 1. The summed E-state index contributed by atoms with van der Waals surface area (Å²) in [5, 5.41) is 11.8. The number of aryl methyl sites for hydroxylation is 1. The number of hydrogen-bond acceptors (Lipinski definition) is 6. The molecule has 0 radical (unpaired) electrons. The van der Waals surface area contributed by atoms with Crippen LogP contribution < -0.4 is 5.32 Å². The maximum absolute atomic E-state index is 12.6. The van der Waals surface area contributed by atoms with Crippen molar-refractivity contribution in [3.63, 3.8) is 0 Å². The van der Waals surface area contributed by atoms with Gasteiger partial charge in [-0.2, -0.15) is 0 Å². The number of aromatic nitrogens is 2. The van der Waals surface area contributed by atoms with E-state index in [2.05, 4.69) is 22.4 Å². The summed E-state index contributed by atoms with van der Waals surface area (Å²) < 4.78 is 10.9. The van der Waals surface area contributed by atoms with E-state index in [4.69, 9.17) is 8.83 Å². The largest absolute Gasteiger partial charge is 0.469 e. The van der Waals surface area contributed by atoms with E-state index in [1.165, 1.54) is 50.3 Å². The summed E-state index contributed by atoms with van der Waals surface area (Å²) in [5.41, 5.74) is 1.12. The van der Waals surface area contributed by atoms with E-state index in [-0.39, 0.29) is 11.9 Å². The monoisotopic (exact) mass is 401 g/mol. The van der Waals surface area contributed by atoms with Crippen molar-refractivity contribution in [3.8, 4) is 11.5 Å². The highest BCUT2D eigenvalue weighted by Crippen LogP contribution is 2.61. The van der Waals surface area contributed by atoms with Crippen molar-refractivity contribution >= 4 is 17.7 Å². The zero-order valence-corrected chi connectivity index (χ0v) is 17.3. The molecule has 7 heteroatoms. The first-order valence-corrected chi connectivity index (χ1v) is 11.3. The summed E-state index contributed by atoms with van der Waals surface area (Å²) in [4.78, 5) is 12.6. The molecule has 4 bridgehead atoms. The Balaban J connectivity index is 1.17. The van der Waals surface area contributed by atoms with Crippen LogP contribution in [0.1, 0.15) is 51.2 Å². The lowest BCUT2D eigenvalue weighted by Crippen LogP contribution is -2.56. The molecule has 6 rings (SSSR count). The molecule has 1 unspecified atom stereocenters. The van der Waals surface area contributed by atoms with Gasteiger partial charge in [-0.3, -0.25) is 4.79 Å². The van der Waals surface area contributed by atoms with E-state index >= 15 is 0 Å². The lowest BCUT2D eigenvalue weighted by atomic mass is 9.48. The van der Waals surface area contributed by atoms with Crippen LogP contribution in [0.5, 0.6) is 0 Å². The minimum Gasteiger partial charge on any atom is -0.469 e. The van der Waals surface area contributed by atoms with Crippen LogP contribution in [0.25, 0.3) is 11.5 Å². The summed E-state index contributed by atoms with van der Waals surface area (Å²) in [6, 6.07) is 2.04. The number of amides is 1. The van der Waals surface area contributed by atoms with Crippen LogP contribution in [0, 0.1) is 30.1 Å². The van der Waals surface area contributed by atoms with Gasteiger partial charge in [-0.1, -0.05) is 11.8 Å². The molecule has 4 fully saturated rings. The molecule has 0 aromatic carbocycles. The Morgan fingerprint density at radius 2 is 1.93 bits per heavy atom. The molecule has 6 nitrogen and oxygen atoms in total. The molecule has 1 amide bonds. The molecule has 4 saturated carbocycles. The van der Waals surface area contributed by atoms with Crippen molar-refractivity contribution < 1.29 is 13.6 Å². The topological polar surface area (TPSA) is 81.2 Å². The maximum Gasteiger partial charge on any atom is 0.277 e. The highest BCUT2D eigenvalue weighted by molar-refractivity contribution is 7.99. The van der Waals surface area contributed by atoms with E-state index in [0.717, 1.165) is 29.1 Å². The third kappa shape index (κ3) is 3.27. The molecule has 4 aliphatic carbocycles. The molecule has 1 N–H and O–H groups in total. The van der Waals surface area contributed by atoms with Gasteiger partial charge in [0.2, 0.25) is 5.91 Å². The SMILES string of the molecule is Cc1occc1-c1nnc(SCC(=O)NC(C)C23CC4CC(CC(C4)C2)C3)o1. The first-order valence-electron chi connectivity index (χ1n) is 10.3.